The van der Waals surface area contributed by atoms with Crippen LogP contribution in [0.25, 0.3) is 10.9 Å². The quantitative estimate of drug-likeness (QED) is 0.754. The number of likely N-dealkylation sites (N-methyl/N-ethyl adjacent to an activating group) is 1. The minimum Gasteiger partial charge on any atom is -0.304 e. The number of piperidine rings is 1. The molecule has 0 aliphatic carbocycles. The molecule has 1 aromatic carbocycles. The first-order valence-electron chi connectivity index (χ1n) is 6.05. The molecule has 90 valence electrons. The van der Waals surface area contributed by atoms with Crippen molar-refractivity contribution in [2.75, 3.05) is 20.1 Å². The van der Waals surface area contributed by atoms with Crippen molar-refractivity contribution in [3.8, 4) is 0 Å². The van der Waals surface area contributed by atoms with Crippen LogP contribution in [-0.2, 0) is 0 Å². The molecule has 0 N–H and O–H groups in total. The predicted octanol–water partition coefficient (Wildman–Crippen LogP) is 2.44. The zero-order valence-corrected chi connectivity index (χ0v) is 9.93. The number of halogens is 1. The van der Waals surface area contributed by atoms with E-state index in [4.69, 9.17) is 0 Å². The van der Waals surface area contributed by atoms with Gasteiger partial charge in [0.25, 0.3) is 0 Å². The van der Waals surface area contributed by atoms with Crippen LogP contribution in [0.5, 0.6) is 0 Å². The Balaban J connectivity index is 1.94. The Labute approximate surface area is 99.8 Å². The van der Waals surface area contributed by atoms with Crippen LogP contribution < -0.4 is 0 Å². The van der Waals surface area contributed by atoms with Gasteiger partial charge in [-0.3, -0.25) is 4.68 Å². The summed E-state index contributed by atoms with van der Waals surface area (Å²) in [6, 6.07) is 5.18. The Bertz CT molecular complexity index is 534. The topological polar surface area (TPSA) is 21.1 Å². The molecule has 1 aliphatic rings. The Morgan fingerprint density at radius 2 is 2.29 bits per heavy atom. The lowest BCUT2D eigenvalue weighted by atomic mass is 10.1. The number of nitrogens with zero attached hydrogens (tertiary/aromatic N) is 3. The average Bonchev–Trinajstić information content (AvgIpc) is 2.72. The molecule has 2 heterocycles. The molecule has 17 heavy (non-hydrogen) atoms. The summed E-state index contributed by atoms with van der Waals surface area (Å²) in [5.41, 5.74) is 0.875. The standard InChI is InChI=1S/C13H16FN3/c1-16-6-2-3-12(9-16)17-8-10-7-11(14)4-5-13(10)15-17/h4-5,7-8,12H,2-3,6,9H2,1H3. The molecule has 0 bridgehead atoms. The maximum Gasteiger partial charge on any atom is 0.124 e. The second kappa shape index (κ2) is 4.11. The fraction of sp³-hybridized carbons (Fsp3) is 0.462. The maximum absolute atomic E-state index is 13.1. The smallest absolute Gasteiger partial charge is 0.124 e. The van der Waals surface area contributed by atoms with Crippen LogP contribution in [0.2, 0.25) is 0 Å². The Kier molecular flexibility index (Phi) is 2.59. The van der Waals surface area contributed by atoms with Crippen LogP contribution in [0.1, 0.15) is 18.9 Å². The van der Waals surface area contributed by atoms with Crippen molar-refractivity contribution in [3.63, 3.8) is 0 Å². The van der Waals surface area contributed by atoms with E-state index in [9.17, 15) is 4.39 Å². The minimum absolute atomic E-state index is 0.196. The highest BCUT2D eigenvalue weighted by Gasteiger charge is 2.19. The molecular formula is C13H16FN3. The van der Waals surface area contributed by atoms with Crippen molar-refractivity contribution in [1.82, 2.24) is 14.7 Å². The van der Waals surface area contributed by atoms with Crippen molar-refractivity contribution < 1.29 is 4.39 Å². The summed E-state index contributed by atoms with van der Waals surface area (Å²) in [5.74, 6) is -0.196. The summed E-state index contributed by atoms with van der Waals surface area (Å²) in [5, 5.41) is 5.42. The molecular weight excluding hydrogens is 217 g/mol. The zero-order chi connectivity index (χ0) is 11.8. The van der Waals surface area contributed by atoms with Crippen molar-refractivity contribution in [1.29, 1.82) is 0 Å². The molecule has 2 aromatic rings. The van der Waals surface area contributed by atoms with E-state index in [1.54, 1.807) is 12.1 Å². The van der Waals surface area contributed by atoms with E-state index < -0.39 is 0 Å². The highest BCUT2D eigenvalue weighted by atomic mass is 19.1. The highest BCUT2D eigenvalue weighted by molar-refractivity contribution is 5.77. The molecule has 0 radical (unpaired) electrons. The average molecular weight is 233 g/mol. The van der Waals surface area contributed by atoms with Crippen molar-refractivity contribution in [2.45, 2.75) is 18.9 Å². The maximum atomic E-state index is 13.1. The number of benzene rings is 1. The molecule has 1 atom stereocenters. The third kappa shape index (κ3) is 2.05. The van der Waals surface area contributed by atoms with Gasteiger partial charge in [0, 0.05) is 18.1 Å². The molecule has 0 amide bonds. The largest absolute Gasteiger partial charge is 0.304 e. The van der Waals surface area contributed by atoms with Crippen LogP contribution in [0.3, 0.4) is 0 Å². The number of fused-ring (bicyclic) bond motifs is 1. The van der Waals surface area contributed by atoms with E-state index >= 15 is 0 Å². The molecule has 1 fully saturated rings. The van der Waals surface area contributed by atoms with Gasteiger partial charge in [0.2, 0.25) is 0 Å². The summed E-state index contributed by atoms with van der Waals surface area (Å²) in [6.45, 7) is 2.18. The zero-order valence-electron chi connectivity index (χ0n) is 9.93. The summed E-state index contributed by atoms with van der Waals surface area (Å²) in [4.78, 5) is 2.32. The van der Waals surface area contributed by atoms with E-state index in [2.05, 4.69) is 17.0 Å². The van der Waals surface area contributed by atoms with Gasteiger partial charge in [-0.25, -0.2) is 4.39 Å². The first kappa shape index (κ1) is 10.7. The summed E-state index contributed by atoms with van der Waals surface area (Å²) < 4.78 is 15.1. The van der Waals surface area contributed by atoms with Gasteiger partial charge in [-0.15, -0.1) is 0 Å². The third-order valence-electron chi connectivity index (χ3n) is 3.46. The fourth-order valence-electron chi connectivity index (χ4n) is 2.56. The van der Waals surface area contributed by atoms with Crippen LogP contribution in [0.15, 0.2) is 24.4 Å². The van der Waals surface area contributed by atoms with Gasteiger partial charge in [0.1, 0.15) is 5.82 Å². The lowest BCUT2D eigenvalue weighted by Gasteiger charge is -2.29. The number of rotatable bonds is 1. The Hall–Kier alpha value is -1.42. The van der Waals surface area contributed by atoms with Crippen LogP contribution in [0, 0.1) is 5.82 Å². The monoisotopic (exact) mass is 233 g/mol. The molecule has 1 aromatic heterocycles. The Morgan fingerprint density at radius 3 is 3.12 bits per heavy atom. The van der Waals surface area contributed by atoms with Gasteiger partial charge in [-0.1, -0.05) is 0 Å². The molecule has 0 saturated carbocycles. The molecule has 3 rings (SSSR count). The third-order valence-corrected chi connectivity index (χ3v) is 3.46. The van der Waals surface area contributed by atoms with Gasteiger partial charge in [0.15, 0.2) is 0 Å². The molecule has 4 heteroatoms. The van der Waals surface area contributed by atoms with E-state index in [0.29, 0.717) is 6.04 Å². The van der Waals surface area contributed by atoms with Gasteiger partial charge >= 0.3 is 0 Å². The second-order valence-electron chi connectivity index (χ2n) is 4.87. The molecule has 1 saturated heterocycles. The molecule has 1 unspecified atom stereocenters. The lowest BCUT2D eigenvalue weighted by molar-refractivity contribution is 0.203. The number of likely N-dealkylation sites (tertiary alicyclic amines) is 1. The van der Waals surface area contributed by atoms with Gasteiger partial charge < -0.3 is 4.90 Å². The Morgan fingerprint density at radius 1 is 1.41 bits per heavy atom. The minimum atomic E-state index is -0.196. The fourth-order valence-corrected chi connectivity index (χ4v) is 2.56. The summed E-state index contributed by atoms with van der Waals surface area (Å²) in [7, 11) is 2.13. The van der Waals surface area contributed by atoms with Crippen molar-refractivity contribution in [3.05, 3.63) is 30.2 Å². The van der Waals surface area contributed by atoms with Gasteiger partial charge in [-0.05, 0) is 44.6 Å². The molecule has 0 spiro atoms. The van der Waals surface area contributed by atoms with E-state index in [1.165, 1.54) is 12.5 Å². The number of aromatic nitrogens is 2. The first-order valence-corrected chi connectivity index (χ1v) is 6.05. The van der Waals surface area contributed by atoms with Gasteiger partial charge in [-0.2, -0.15) is 5.10 Å². The highest BCUT2D eigenvalue weighted by Crippen LogP contribution is 2.22. The van der Waals surface area contributed by atoms with Crippen LogP contribution in [0.4, 0.5) is 4.39 Å². The molecule has 1 aliphatic heterocycles. The van der Waals surface area contributed by atoms with Crippen molar-refractivity contribution in [2.24, 2.45) is 0 Å². The first-order chi connectivity index (χ1) is 8.22. The van der Waals surface area contributed by atoms with E-state index in [-0.39, 0.29) is 5.82 Å². The number of hydrogen-bond acceptors (Lipinski definition) is 2. The predicted molar refractivity (Wildman–Crippen MR) is 65.5 cm³/mol. The summed E-state index contributed by atoms with van der Waals surface area (Å²) >= 11 is 0. The van der Waals surface area contributed by atoms with Gasteiger partial charge in [0.05, 0.1) is 11.6 Å². The second-order valence-corrected chi connectivity index (χ2v) is 4.87. The van der Waals surface area contributed by atoms with Crippen LogP contribution >= 0.6 is 0 Å². The lowest BCUT2D eigenvalue weighted by Crippen LogP contribution is -2.33. The SMILES string of the molecule is CN1CCCC(n2cc3cc(F)ccc3n2)C1. The van der Waals surface area contributed by atoms with Crippen molar-refractivity contribution >= 4 is 10.9 Å². The van der Waals surface area contributed by atoms with E-state index in [1.807, 2.05) is 10.9 Å². The van der Waals surface area contributed by atoms with Crippen LogP contribution in [-0.4, -0.2) is 34.8 Å². The summed E-state index contributed by atoms with van der Waals surface area (Å²) in [6.07, 6.45) is 4.31. The van der Waals surface area contributed by atoms with E-state index in [0.717, 1.165) is 30.4 Å². The normalized spacial score (nSPS) is 22.1. The molecule has 3 nitrogen and oxygen atoms in total. The number of hydrogen-bond donors (Lipinski definition) is 0.